The Bertz CT molecular complexity index is 788. The lowest BCUT2D eigenvalue weighted by Crippen LogP contribution is -1.92. The maximum Gasteiger partial charge on any atom is 0.276 e. The number of methoxy groups -OCH3 is 1. The van der Waals surface area contributed by atoms with Crippen LogP contribution < -0.4 is 10.5 Å². The van der Waals surface area contributed by atoms with Crippen molar-refractivity contribution in [2.24, 2.45) is 0 Å². The molecule has 0 atom stereocenters. The first-order valence-electron chi connectivity index (χ1n) is 6.08. The third kappa shape index (κ3) is 2.66. The Labute approximate surface area is 125 Å². The van der Waals surface area contributed by atoms with Gasteiger partial charge >= 0.3 is 0 Å². The fraction of sp³-hybridized carbons (Fsp3) is 0.0714. The number of rotatable bonds is 3. The lowest BCUT2D eigenvalue weighted by molar-refractivity contribution is 0.413. The molecule has 21 heavy (non-hydrogen) atoms. The molecule has 0 aliphatic rings. The van der Waals surface area contributed by atoms with Gasteiger partial charge in [0.2, 0.25) is 5.82 Å². The van der Waals surface area contributed by atoms with Gasteiger partial charge in [-0.1, -0.05) is 22.8 Å². The molecule has 1 aromatic carbocycles. The van der Waals surface area contributed by atoms with Crippen LogP contribution in [-0.2, 0) is 0 Å². The van der Waals surface area contributed by atoms with Crippen molar-refractivity contribution in [2.75, 3.05) is 12.8 Å². The zero-order valence-electron chi connectivity index (χ0n) is 11.1. The molecule has 7 heteroatoms. The van der Waals surface area contributed by atoms with Crippen LogP contribution in [0.1, 0.15) is 0 Å². The molecule has 106 valence electrons. The van der Waals surface area contributed by atoms with Crippen LogP contribution in [0.25, 0.3) is 23.0 Å². The maximum absolute atomic E-state index is 5.93. The van der Waals surface area contributed by atoms with Crippen molar-refractivity contribution in [3.63, 3.8) is 0 Å². The highest BCUT2D eigenvalue weighted by atomic mass is 35.5. The number of anilines is 1. The molecule has 6 nitrogen and oxygen atoms in total. The van der Waals surface area contributed by atoms with E-state index in [0.717, 1.165) is 0 Å². The smallest absolute Gasteiger partial charge is 0.276 e. The molecule has 0 saturated heterocycles. The predicted molar refractivity (Wildman–Crippen MR) is 78.9 cm³/mol. The lowest BCUT2D eigenvalue weighted by atomic mass is 10.2. The summed E-state index contributed by atoms with van der Waals surface area (Å²) < 4.78 is 10.5. The summed E-state index contributed by atoms with van der Waals surface area (Å²) in [5.74, 6) is 1.63. The fourth-order valence-electron chi connectivity index (χ4n) is 1.86. The van der Waals surface area contributed by atoms with E-state index in [1.165, 1.54) is 0 Å². The molecule has 3 rings (SSSR count). The van der Waals surface area contributed by atoms with Crippen LogP contribution in [0.5, 0.6) is 5.75 Å². The quantitative estimate of drug-likeness (QED) is 0.800. The molecule has 2 aromatic heterocycles. The van der Waals surface area contributed by atoms with Crippen LogP contribution in [0.15, 0.2) is 40.9 Å². The predicted octanol–water partition coefficient (Wildman–Crippen LogP) is 3.04. The van der Waals surface area contributed by atoms with Crippen molar-refractivity contribution in [3.05, 3.63) is 41.4 Å². The maximum atomic E-state index is 5.93. The highest BCUT2D eigenvalue weighted by Gasteiger charge is 2.15. The average molecular weight is 303 g/mol. The number of nitrogen functional groups attached to an aromatic ring is 1. The normalized spacial score (nSPS) is 10.6. The zero-order valence-corrected chi connectivity index (χ0v) is 11.8. The first-order chi connectivity index (χ1) is 10.2. The third-order valence-electron chi connectivity index (χ3n) is 2.82. The minimum Gasteiger partial charge on any atom is -0.496 e. The van der Waals surface area contributed by atoms with E-state index in [4.69, 9.17) is 26.6 Å². The number of hydrogen-bond acceptors (Lipinski definition) is 6. The van der Waals surface area contributed by atoms with E-state index in [1.54, 1.807) is 43.5 Å². The van der Waals surface area contributed by atoms with Gasteiger partial charge in [0.05, 0.1) is 12.7 Å². The minimum atomic E-state index is 0.286. The van der Waals surface area contributed by atoms with E-state index in [1.807, 2.05) is 0 Å². The summed E-state index contributed by atoms with van der Waals surface area (Å²) in [5, 5.41) is 4.51. The highest BCUT2D eigenvalue weighted by Crippen LogP contribution is 2.31. The van der Waals surface area contributed by atoms with Gasteiger partial charge in [0, 0.05) is 5.02 Å². The van der Waals surface area contributed by atoms with Gasteiger partial charge in [-0.25, -0.2) is 4.98 Å². The average Bonchev–Trinajstić information content (AvgIpc) is 2.96. The summed E-state index contributed by atoms with van der Waals surface area (Å²) in [6.45, 7) is 0. The highest BCUT2D eigenvalue weighted by molar-refractivity contribution is 6.30. The molecule has 2 N–H and O–H groups in total. The second-order valence-corrected chi connectivity index (χ2v) is 4.65. The molecular weight excluding hydrogens is 292 g/mol. The Balaban J connectivity index is 2.02. The number of nitrogens with two attached hydrogens (primary N) is 1. The molecule has 0 unspecified atom stereocenters. The van der Waals surface area contributed by atoms with Gasteiger partial charge in [0.1, 0.15) is 17.3 Å². The van der Waals surface area contributed by atoms with Crippen LogP contribution in [-0.4, -0.2) is 22.2 Å². The Morgan fingerprint density at radius 1 is 1.19 bits per heavy atom. The second-order valence-electron chi connectivity index (χ2n) is 4.22. The molecule has 0 amide bonds. The Hall–Kier alpha value is -2.60. The summed E-state index contributed by atoms with van der Waals surface area (Å²) in [6, 6.07) is 10.4. The standard InChI is InChI=1S/C14H11ClN4O2/c1-20-11-7-8(15)5-6-9(11)13-18-14(21-19-13)10-3-2-4-12(16)17-10/h2-7H,1H3,(H2,16,17). The van der Waals surface area contributed by atoms with Crippen molar-refractivity contribution in [3.8, 4) is 28.7 Å². The number of benzene rings is 1. The summed E-state index contributed by atoms with van der Waals surface area (Å²) in [7, 11) is 1.55. The molecule has 0 saturated carbocycles. The van der Waals surface area contributed by atoms with Crippen LogP contribution in [0.2, 0.25) is 5.02 Å². The number of aromatic nitrogens is 3. The molecular formula is C14H11ClN4O2. The summed E-state index contributed by atoms with van der Waals surface area (Å²) >= 11 is 5.93. The summed E-state index contributed by atoms with van der Waals surface area (Å²) in [6.07, 6.45) is 0. The third-order valence-corrected chi connectivity index (χ3v) is 3.06. The van der Waals surface area contributed by atoms with Gasteiger partial charge in [-0.05, 0) is 30.3 Å². The van der Waals surface area contributed by atoms with Crippen LogP contribution in [0.4, 0.5) is 5.82 Å². The topological polar surface area (TPSA) is 87.1 Å². The lowest BCUT2D eigenvalue weighted by Gasteiger charge is -2.04. The SMILES string of the molecule is COc1cc(Cl)ccc1-c1noc(-c2cccc(N)n2)n1. The molecule has 0 spiro atoms. The van der Waals surface area contributed by atoms with E-state index in [9.17, 15) is 0 Å². The van der Waals surface area contributed by atoms with Crippen molar-refractivity contribution in [2.45, 2.75) is 0 Å². The van der Waals surface area contributed by atoms with Crippen LogP contribution in [0.3, 0.4) is 0 Å². The Morgan fingerprint density at radius 2 is 2.05 bits per heavy atom. The first-order valence-corrected chi connectivity index (χ1v) is 6.45. The number of pyridine rings is 1. The molecule has 0 bridgehead atoms. The molecule has 0 aliphatic heterocycles. The van der Waals surface area contributed by atoms with Crippen molar-refractivity contribution in [1.29, 1.82) is 0 Å². The van der Waals surface area contributed by atoms with Gasteiger partial charge in [0.15, 0.2) is 0 Å². The summed E-state index contributed by atoms with van der Waals surface area (Å²) in [4.78, 5) is 8.45. The molecule has 0 fully saturated rings. The van der Waals surface area contributed by atoms with Gasteiger partial charge in [-0.3, -0.25) is 0 Å². The van der Waals surface area contributed by atoms with Gasteiger partial charge in [-0.2, -0.15) is 4.98 Å². The van der Waals surface area contributed by atoms with Crippen molar-refractivity contribution < 1.29 is 9.26 Å². The van der Waals surface area contributed by atoms with Gasteiger partial charge in [0.25, 0.3) is 5.89 Å². The van der Waals surface area contributed by atoms with E-state index in [0.29, 0.717) is 33.7 Å². The van der Waals surface area contributed by atoms with Crippen LogP contribution >= 0.6 is 11.6 Å². The Morgan fingerprint density at radius 3 is 2.81 bits per heavy atom. The van der Waals surface area contributed by atoms with Crippen molar-refractivity contribution in [1.82, 2.24) is 15.1 Å². The van der Waals surface area contributed by atoms with Crippen LogP contribution in [0, 0.1) is 0 Å². The van der Waals surface area contributed by atoms with Gasteiger partial charge in [-0.15, -0.1) is 0 Å². The Kier molecular flexibility index (Phi) is 3.45. The summed E-state index contributed by atoms with van der Waals surface area (Å²) in [5.41, 5.74) is 6.84. The van der Waals surface area contributed by atoms with E-state index in [2.05, 4.69) is 15.1 Å². The van der Waals surface area contributed by atoms with Gasteiger partial charge < -0.3 is 15.0 Å². The number of nitrogens with zero attached hydrogens (tertiary/aromatic N) is 3. The zero-order chi connectivity index (χ0) is 14.8. The number of hydrogen-bond donors (Lipinski definition) is 1. The second kappa shape index (κ2) is 5.41. The first kappa shape index (κ1) is 13.4. The molecule has 0 aliphatic carbocycles. The number of halogens is 1. The van der Waals surface area contributed by atoms with E-state index < -0.39 is 0 Å². The van der Waals surface area contributed by atoms with Crippen molar-refractivity contribution >= 4 is 17.4 Å². The molecule has 3 aromatic rings. The van der Waals surface area contributed by atoms with E-state index >= 15 is 0 Å². The fourth-order valence-corrected chi connectivity index (χ4v) is 2.02. The monoisotopic (exact) mass is 302 g/mol. The van der Waals surface area contributed by atoms with E-state index in [-0.39, 0.29) is 5.89 Å². The minimum absolute atomic E-state index is 0.286. The largest absolute Gasteiger partial charge is 0.496 e. The number of ether oxygens (including phenoxy) is 1. The molecule has 2 heterocycles. The molecule has 0 radical (unpaired) electrons.